The van der Waals surface area contributed by atoms with Crippen LogP contribution in [0.25, 0.3) is 0 Å². The summed E-state index contributed by atoms with van der Waals surface area (Å²) in [5.41, 5.74) is 2.98. The van der Waals surface area contributed by atoms with Crippen molar-refractivity contribution in [3.63, 3.8) is 0 Å². The van der Waals surface area contributed by atoms with Crippen LogP contribution in [0.4, 0.5) is 8.78 Å². The van der Waals surface area contributed by atoms with Gasteiger partial charge in [0.2, 0.25) is 5.91 Å². The molecule has 180 valence electrons. The molecule has 4 atom stereocenters. The Labute approximate surface area is 193 Å². The van der Waals surface area contributed by atoms with Gasteiger partial charge < -0.3 is 15.7 Å². The molecule has 3 N–H and O–H groups in total. The average molecular weight is 481 g/mol. The van der Waals surface area contributed by atoms with E-state index in [-0.39, 0.29) is 24.3 Å². The van der Waals surface area contributed by atoms with Gasteiger partial charge in [-0.3, -0.25) is 4.79 Å². The first-order valence-electron chi connectivity index (χ1n) is 11.0. The molecule has 0 saturated carbocycles. The Morgan fingerprint density at radius 2 is 1.82 bits per heavy atom. The third-order valence-electron chi connectivity index (χ3n) is 6.12. The molecule has 2 aromatic rings. The minimum Gasteiger partial charge on any atom is -0.390 e. The summed E-state index contributed by atoms with van der Waals surface area (Å²) >= 11 is 0. The molecule has 0 saturated heterocycles. The van der Waals surface area contributed by atoms with Gasteiger partial charge in [0.05, 0.1) is 23.1 Å². The lowest BCUT2D eigenvalue weighted by atomic mass is 9.94. The number of rotatable bonds is 8. The zero-order chi connectivity index (χ0) is 24.3. The summed E-state index contributed by atoms with van der Waals surface area (Å²) in [7, 11) is -3.39. The van der Waals surface area contributed by atoms with Gasteiger partial charge in [0.15, 0.2) is 9.84 Å². The Hall–Kier alpha value is -2.36. The van der Waals surface area contributed by atoms with Crippen LogP contribution in [0.1, 0.15) is 49.1 Å². The second-order valence-corrected chi connectivity index (χ2v) is 11.0. The number of carbonyl (C=O) groups is 1. The Morgan fingerprint density at radius 3 is 2.42 bits per heavy atom. The lowest BCUT2D eigenvalue weighted by Crippen LogP contribution is -2.50. The number of carbonyl (C=O) groups excluding carboxylic acids is 1. The Balaban J connectivity index is 1.81. The van der Waals surface area contributed by atoms with Crippen molar-refractivity contribution in [2.45, 2.75) is 62.8 Å². The molecular weight excluding hydrogens is 450 g/mol. The molecular formula is C24H30F2N2O4S. The van der Waals surface area contributed by atoms with Gasteiger partial charge in [-0.25, -0.2) is 17.2 Å². The van der Waals surface area contributed by atoms with E-state index >= 15 is 0 Å². The fourth-order valence-electron chi connectivity index (χ4n) is 4.29. The number of halogens is 2. The number of sulfone groups is 1. The minimum atomic E-state index is -3.39. The summed E-state index contributed by atoms with van der Waals surface area (Å²) in [5, 5.41) is 15.9. The van der Waals surface area contributed by atoms with Crippen molar-refractivity contribution in [3.05, 3.63) is 70.3 Å². The van der Waals surface area contributed by atoms with Gasteiger partial charge in [-0.1, -0.05) is 25.1 Å². The Kier molecular flexibility index (Phi) is 7.87. The molecule has 0 bridgehead atoms. The summed E-state index contributed by atoms with van der Waals surface area (Å²) in [5.74, 6) is -1.93. The number of aliphatic hydroxyl groups is 1. The van der Waals surface area contributed by atoms with E-state index in [0.29, 0.717) is 0 Å². The van der Waals surface area contributed by atoms with Crippen molar-refractivity contribution in [2.24, 2.45) is 0 Å². The normalized spacial score (nSPS) is 21.2. The monoisotopic (exact) mass is 480 g/mol. The minimum absolute atomic E-state index is 0.00615. The van der Waals surface area contributed by atoms with Gasteiger partial charge in [0.25, 0.3) is 0 Å². The third kappa shape index (κ3) is 6.16. The molecule has 3 rings (SSSR count). The highest BCUT2D eigenvalue weighted by Crippen LogP contribution is 2.34. The highest BCUT2D eigenvalue weighted by molar-refractivity contribution is 7.91. The van der Waals surface area contributed by atoms with E-state index in [1.165, 1.54) is 6.92 Å². The number of fused-ring (bicyclic) bond motifs is 1. The van der Waals surface area contributed by atoms with Gasteiger partial charge >= 0.3 is 0 Å². The van der Waals surface area contributed by atoms with Crippen LogP contribution < -0.4 is 10.6 Å². The molecule has 0 aliphatic carbocycles. The molecule has 6 nitrogen and oxygen atoms in total. The third-order valence-corrected chi connectivity index (χ3v) is 8.24. The molecule has 1 aliphatic rings. The lowest BCUT2D eigenvalue weighted by molar-refractivity contribution is -0.120. The molecule has 0 aromatic heterocycles. The first kappa shape index (κ1) is 25.3. The van der Waals surface area contributed by atoms with Crippen molar-refractivity contribution >= 4 is 15.7 Å². The smallest absolute Gasteiger partial charge is 0.217 e. The van der Waals surface area contributed by atoms with Crippen molar-refractivity contribution in [1.82, 2.24) is 10.6 Å². The number of nitrogens with one attached hydrogen (secondary N) is 2. The van der Waals surface area contributed by atoms with Crippen LogP contribution >= 0.6 is 0 Å². The van der Waals surface area contributed by atoms with E-state index in [1.807, 2.05) is 25.1 Å². The highest BCUT2D eigenvalue weighted by atomic mass is 32.2. The molecule has 1 heterocycles. The van der Waals surface area contributed by atoms with Crippen molar-refractivity contribution in [3.8, 4) is 0 Å². The zero-order valence-corrected chi connectivity index (χ0v) is 19.8. The average Bonchev–Trinajstić information content (AvgIpc) is 2.72. The predicted molar refractivity (Wildman–Crippen MR) is 122 cm³/mol. The first-order valence-corrected chi connectivity index (χ1v) is 12.7. The number of benzene rings is 2. The molecule has 1 amide bonds. The fraction of sp³-hybridized carbons (Fsp3) is 0.458. The SMILES string of the molecule is CCc1ccc2c(c1)C(NC[C@@H](O)[C@H](Cc1cc(F)cc(F)c1)NC(C)=O)C(C)S(=O)(=O)C2. The van der Waals surface area contributed by atoms with E-state index in [4.69, 9.17) is 0 Å². The standard InChI is InChI=1S/C24H30F2N2O4S/c1-4-16-5-6-18-13-33(31,32)14(2)24(21(18)9-16)27-12-23(30)22(28-15(3)29)10-17-7-19(25)11-20(26)8-17/h5-9,11,14,22-24,27,30H,4,10,12-13H2,1-3H3,(H,28,29)/t14?,22-,23+,24?/m0/s1. The van der Waals surface area contributed by atoms with E-state index in [2.05, 4.69) is 10.6 Å². The first-order chi connectivity index (χ1) is 15.5. The van der Waals surface area contributed by atoms with Gasteiger partial charge in [-0.2, -0.15) is 0 Å². The highest BCUT2D eigenvalue weighted by Gasteiger charge is 2.37. The van der Waals surface area contributed by atoms with Gasteiger partial charge in [-0.05, 0) is 54.2 Å². The molecule has 1 aliphatic heterocycles. The maximum absolute atomic E-state index is 13.6. The molecule has 0 spiro atoms. The second kappa shape index (κ2) is 10.3. The molecule has 9 heteroatoms. The lowest BCUT2D eigenvalue weighted by Gasteiger charge is -2.34. The summed E-state index contributed by atoms with van der Waals surface area (Å²) in [6, 6.07) is 7.43. The van der Waals surface area contributed by atoms with Gasteiger partial charge in [-0.15, -0.1) is 0 Å². The molecule has 0 radical (unpaired) electrons. The summed E-state index contributed by atoms with van der Waals surface area (Å²) < 4.78 is 52.6. The molecule has 2 unspecified atom stereocenters. The predicted octanol–water partition coefficient (Wildman–Crippen LogP) is 2.58. The second-order valence-electron chi connectivity index (χ2n) is 8.64. The molecule has 2 aromatic carbocycles. The molecule has 33 heavy (non-hydrogen) atoms. The van der Waals surface area contributed by atoms with E-state index in [1.54, 1.807) is 6.92 Å². The largest absolute Gasteiger partial charge is 0.390 e. The number of hydrogen-bond acceptors (Lipinski definition) is 5. The molecule has 0 fully saturated rings. The fourth-order valence-corrected chi connectivity index (χ4v) is 5.90. The van der Waals surface area contributed by atoms with E-state index in [9.17, 15) is 27.1 Å². The summed E-state index contributed by atoms with van der Waals surface area (Å²) in [4.78, 5) is 11.7. The summed E-state index contributed by atoms with van der Waals surface area (Å²) in [6.45, 7) is 4.92. The number of aryl methyl sites for hydroxylation is 1. The van der Waals surface area contributed by atoms with Crippen LogP contribution in [0.2, 0.25) is 0 Å². The Bertz CT molecular complexity index is 1100. The van der Waals surface area contributed by atoms with E-state index < -0.39 is 50.8 Å². The number of aliphatic hydroxyl groups excluding tert-OH is 1. The number of amides is 1. The summed E-state index contributed by atoms with van der Waals surface area (Å²) in [6.07, 6.45) is -0.319. The quantitative estimate of drug-likeness (QED) is 0.540. The van der Waals surface area contributed by atoms with Crippen LogP contribution in [0.3, 0.4) is 0 Å². The van der Waals surface area contributed by atoms with Crippen molar-refractivity contribution < 1.29 is 27.1 Å². The van der Waals surface area contributed by atoms with Gasteiger partial charge in [0.1, 0.15) is 11.6 Å². The van der Waals surface area contributed by atoms with Crippen LogP contribution in [0.5, 0.6) is 0 Å². The van der Waals surface area contributed by atoms with Crippen molar-refractivity contribution in [1.29, 1.82) is 0 Å². The maximum atomic E-state index is 13.6. The zero-order valence-electron chi connectivity index (χ0n) is 18.9. The Morgan fingerprint density at radius 1 is 1.15 bits per heavy atom. The van der Waals surface area contributed by atoms with Crippen LogP contribution in [-0.2, 0) is 33.2 Å². The van der Waals surface area contributed by atoms with E-state index in [0.717, 1.165) is 41.3 Å². The van der Waals surface area contributed by atoms with Gasteiger partial charge in [0, 0.05) is 25.6 Å². The maximum Gasteiger partial charge on any atom is 0.217 e. The van der Waals surface area contributed by atoms with Crippen LogP contribution in [0.15, 0.2) is 36.4 Å². The van der Waals surface area contributed by atoms with Crippen molar-refractivity contribution in [2.75, 3.05) is 6.54 Å². The van der Waals surface area contributed by atoms with Crippen LogP contribution in [0, 0.1) is 11.6 Å². The van der Waals surface area contributed by atoms with Crippen LogP contribution in [-0.4, -0.2) is 43.4 Å². The topological polar surface area (TPSA) is 95.5 Å². The number of hydrogen-bond donors (Lipinski definition) is 3.